The highest BCUT2D eigenvalue weighted by Gasteiger charge is 2.17. The number of benzene rings is 2. The largest absolute Gasteiger partial charge is 0.496 e. The summed E-state index contributed by atoms with van der Waals surface area (Å²) in [7, 11) is 3.42. The molecule has 0 aliphatic heterocycles. The van der Waals surface area contributed by atoms with Gasteiger partial charge in [0.2, 0.25) is 0 Å². The minimum absolute atomic E-state index is 0.0155. The topological polar surface area (TPSA) is 29.5 Å². The standard InChI is InChI=1S/C19H20ClNO2/c1-21(12-16-11-17(20)8-9-18(16)23-2)19(22)15-7-6-13-4-3-5-14(13)10-15/h6-11H,3-5,12H2,1-2H3. The van der Waals surface area contributed by atoms with E-state index in [4.69, 9.17) is 16.3 Å². The van der Waals surface area contributed by atoms with E-state index < -0.39 is 0 Å². The number of aryl methyl sites for hydroxylation is 2. The molecule has 1 amide bonds. The monoisotopic (exact) mass is 329 g/mol. The number of halogens is 1. The molecule has 0 fully saturated rings. The summed E-state index contributed by atoms with van der Waals surface area (Å²) in [4.78, 5) is 14.4. The van der Waals surface area contributed by atoms with Crippen molar-refractivity contribution in [1.29, 1.82) is 0 Å². The molecule has 2 aromatic rings. The lowest BCUT2D eigenvalue weighted by Gasteiger charge is -2.19. The van der Waals surface area contributed by atoms with Gasteiger partial charge in [-0.1, -0.05) is 17.7 Å². The van der Waals surface area contributed by atoms with E-state index in [-0.39, 0.29) is 5.91 Å². The lowest BCUT2D eigenvalue weighted by molar-refractivity contribution is 0.0784. The van der Waals surface area contributed by atoms with Crippen molar-refractivity contribution in [3.8, 4) is 5.75 Å². The maximum absolute atomic E-state index is 12.7. The number of amides is 1. The van der Waals surface area contributed by atoms with Crippen LogP contribution >= 0.6 is 11.6 Å². The molecule has 3 rings (SSSR count). The Bertz CT molecular complexity index is 742. The van der Waals surface area contributed by atoms with Crippen LogP contribution in [0.5, 0.6) is 5.75 Å². The predicted molar refractivity (Wildman–Crippen MR) is 92.3 cm³/mol. The second-order valence-corrected chi connectivity index (χ2v) is 6.39. The maximum atomic E-state index is 12.7. The number of fused-ring (bicyclic) bond motifs is 1. The van der Waals surface area contributed by atoms with Gasteiger partial charge in [0.1, 0.15) is 5.75 Å². The molecule has 2 aromatic carbocycles. The number of hydrogen-bond acceptors (Lipinski definition) is 2. The van der Waals surface area contributed by atoms with Gasteiger partial charge in [-0.2, -0.15) is 0 Å². The second kappa shape index (κ2) is 6.63. The van der Waals surface area contributed by atoms with Crippen molar-refractivity contribution in [2.45, 2.75) is 25.8 Å². The Kier molecular flexibility index (Phi) is 4.58. The first-order chi connectivity index (χ1) is 11.1. The van der Waals surface area contributed by atoms with Gasteiger partial charge in [0, 0.05) is 29.7 Å². The van der Waals surface area contributed by atoms with E-state index in [0.29, 0.717) is 11.6 Å². The van der Waals surface area contributed by atoms with Crippen molar-refractivity contribution in [3.63, 3.8) is 0 Å². The van der Waals surface area contributed by atoms with E-state index in [9.17, 15) is 4.79 Å². The van der Waals surface area contributed by atoms with Crippen LogP contribution in [0.2, 0.25) is 5.02 Å². The molecule has 1 aliphatic rings. The molecular formula is C19H20ClNO2. The summed E-state index contributed by atoms with van der Waals surface area (Å²) < 4.78 is 5.35. The zero-order chi connectivity index (χ0) is 16.4. The molecule has 120 valence electrons. The number of nitrogens with zero attached hydrogens (tertiary/aromatic N) is 1. The van der Waals surface area contributed by atoms with Crippen LogP contribution in [-0.2, 0) is 19.4 Å². The van der Waals surface area contributed by atoms with Gasteiger partial charge in [-0.25, -0.2) is 0 Å². The third kappa shape index (κ3) is 3.35. The van der Waals surface area contributed by atoms with Crippen molar-refractivity contribution in [3.05, 3.63) is 63.7 Å². The summed E-state index contributed by atoms with van der Waals surface area (Å²) in [5.41, 5.74) is 4.33. The fourth-order valence-corrected chi connectivity index (χ4v) is 3.32. The summed E-state index contributed by atoms with van der Waals surface area (Å²) >= 11 is 6.06. The Morgan fingerprint density at radius 1 is 1.17 bits per heavy atom. The van der Waals surface area contributed by atoms with Crippen LogP contribution < -0.4 is 4.74 Å². The third-order valence-electron chi connectivity index (χ3n) is 4.34. The molecule has 4 heteroatoms. The molecule has 0 N–H and O–H groups in total. The van der Waals surface area contributed by atoms with E-state index in [2.05, 4.69) is 6.07 Å². The molecular weight excluding hydrogens is 310 g/mol. The van der Waals surface area contributed by atoms with E-state index >= 15 is 0 Å². The molecule has 0 saturated heterocycles. The minimum atomic E-state index is 0.0155. The predicted octanol–water partition coefficient (Wildman–Crippen LogP) is 4.11. The van der Waals surface area contributed by atoms with Crippen LogP contribution in [0, 0.1) is 0 Å². The Balaban J connectivity index is 1.79. The number of hydrogen-bond donors (Lipinski definition) is 0. The van der Waals surface area contributed by atoms with Crippen LogP contribution in [0.3, 0.4) is 0 Å². The summed E-state index contributed by atoms with van der Waals surface area (Å²) in [5.74, 6) is 0.754. The molecule has 0 saturated carbocycles. The molecule has 3 nitrogen and oxygen atoms in total. The molecule has 0 spiro atoms. The molecule has 0 bridgehead atoms. The summed E-state index contributed by atoms with van der Waals surface area (Å²) in [6.07, 6.45) is 3.38. The molecule has 0 radical (unpaired) electrons. The smallest absolute Gasteiger partial charge is 0.253 e. The first-order valence-corrected chi connectivity index (χ1v) is 8.16. The molecule has 23 heavy (non-hydrogen) atoms. The number of rotatable bonds is 4. The van der Waals surface area contributed by atoms with Crippen molar-refractivity contribution in [2.24, 2.45) is 0 Å². The van der Waals surface area contributed by atoms with E-state index in [1.165, 1.54) is 17.5 Å². The average molecular weight is 330 g/mol. The normalized spacial score (nSPS) is 12.8. The van der Waals surface area contributed by atoms with Crippen molar-refractivity contribution < 1.29 is 9.53 Å². The van der Waals surface area contributed by atoms with E-state index in [1.807, 2.05) is 24.3 Å². The summed E-state index contributed by atoms with van der Waals surface area (Å²) in [6, 6.07) is 11.5. The zero-order valence-electron chi connectivity index (χ0n) is 13.4. The highest BCUT2D eigenvalue weighted by atomic mass is 35.5. The molecule has 0 aromatic heterocycles. The fourth-order valence-electron chi connectivity index (χ4n) is 3.12. The van der Waals surface area contributed by atoms with Crippen LogP contribution in [0.4, 0.5) is 0 Å². The Hall–Kier alpha value is -2.00. The van der Waals surface area contributed by atoms with Crippen molar-refractivity contribution in [1.82, 2.24) is 4.90 Å². The van der Waals surface area contributed by atoms with Crippen molar-refractivity contribution >= 4 is 17.5 Å². The van der Waals surface area contributed by atoms with Gasteiger partial charge in [0.05, 0.1) is 7.11 Å². The van der Waals surface area contributed by atoms with E-state index in [0.717, 1.165) is 29.7 Å². The Labute approximate surface area is 141 Å². The van der Waals surface area contributed by atoms with Crippen LogP contribution in [0.15, 0.2) is 36.4 Å². The zero-order valence-corrected chi connectivity index (χ0v) is 14.2. The highest BCUT2D eigenvalue weighted by Crippen LogP contribution is 2.26. The van der Waals surface area contributed by atoms with Gasteiger partial charge in [-0.05, 0) is 60.7 Å². The fraction of sp³-hybridized carbons (Fsp3) is 0.316. The SMILES string of the molecule is COc1ccc(Cl)cc1CN(C)C(=O)c1ccc2c(c1)CCC2. The number of ether oxygens (including phenoxy) is 1. The van der Waals surface area contributed by atoms with Gasteiger partial charge < -0.3 is 9.64 Å². The lowest BCUT2D eigenvalue weighted by atomic mass is 10.1. The third-order valence-corrected chi connectivity index (χ3v) is 4.58. The van der Waals surface area contributed by atoms with Crippen molar-refractivity contribution in [2.75, 3.05) is 14.2 Å². The van der Waals surface area contributed by atoms with Gasteiger partial charge in [0.25, 0.3) is 5.91 Å². The van der Waals surface area contributed by atoms with Gasteiger partial charge >= 0.3 is 0 Å². The van der Waals surface area contributed by atoms with Crippen LogP contribution in [0.25, 0.3) is 0 Å². The highest BCUT2D eigenvalue weighted by molar-refractivity contribution is 6.30. The average Bonchev–Trinajstić information content (AvgIpc) is 3.01. The number of methoxy groups -OCH3 is 1. The molecule has 0 heterocycles. The molecule has 0 atom stereocenters. The molecule has 1 aliphatic carbocycles. The summed E-state index contributed by atoms with van der Waals surface area (Å²) in [5, 5.41) is 0.638. The lowest BCUT2D eigenvalue weighted by Crippen LogP contribution is -2.26. The van der Waals surface area contributed by atoms with Gasteiger partial charge in [-0.15, -0.1) is 0 Å². The van der Waals surface area contributed by atoms with Gasteiger partial charge in [-0.3, -0.25) is 4.79 Å². The Morgan fingerprint density at radius 2 is 1.96 bits per heavy atom. The quantitative estimate of drug-likeness (QED) is 0.844. The van der Waals surface area contributed by atoms with Crippen LogP contribution in [-0.4, -0.2) is 25.0 Å². The maximum Gasteiger partial charge on any atom is 0.253 e. The van der Waals surface area contributed by atoms with Crippen LogP contribution in [0.1, 0.15) is 33.5 Å². The summed E-state index contributed by atoms with van der Waals surface area (Å²) in [6.45, 7) is 0.458. The second-order valence-electron chi connectivity index (χ2n) is 5.95. The number of carbonyl (C=O) groups is 1. The van der Waals surface area contributed by atoms with E-state index in [1.54, 1.807) is 25.1 Å². The molecule has 0 unspecified atom stereocenters. The van der Waals surface area contributed by atoms with Gasteiger partial charge in [0.15, 0.2) is 0 Å². The first-order valence-electron chi connectivity index (χ1n) is 7.78. The number of carbonyl (C=O) groups excluding carboxylic acids is 1. The Morgan fingerprint density at radius 3 is 2.74 bits per heavy atom. The minimum Gasteiger partial charge on any atom is -0.496 e. The first kappa shape index (κ1) is 15.9.